The van der Waals surface area contributed by atoms with Gasteiger partial charge in [-0.1, -0.05) is 19.9 Å². The Morgan fingerprint density at radius 3 is 2.43 bits per heavy atom. The lowest BCUT2D eigenvalue weighted by Gasteiger charge is -2.16. The number of anilines is 1. The van der Waals surface area contributed by atoms with Gasteiger partial charge in [-0.15, -0.1) is 0 Å². The Balaban J connectivity index is 2.04. The number of carbonyl (C=O) groups is 4. The van der Waals surface area contributed by atoms with Gasteiger partial charge >= 0.3 is 17.8 Å². The van der Waals surface area contributed by atoms with Gasteiger partial charge in [-0.05, 0) is 24.1 Å². The first-order valence-electron chi connectivity index (χ1n) is 7.02. The quantitative estimate of drug-likeness (QED) is 0.652. The van der Waals surface area contributed by atoms with Crippen LogP contribution in [0.5, 0.6) is 0 Å². The summed E-state index contributed by atoms with van der Waals surface area (Å²) >= 11 is 0. The Morgan fingerprint density at radius 2 is 1.83 bits per heavy atom. The highest BCUT2D eigenvalue weighted by atomic mass is 19.1. The first-order valence-corrected chi connectivity index (χ1v) is 7.02. The molecule has 0 saturated carbocycles. The molecule has 0 spiro atoms. The summed E-state index contributed by atoms with van der Waals surface area (Å²) in [4.78, 5) is 49.0. The average Bonchev–Trinajstić information content (AvgIpc) is 2.64. The topological polar surface area (TPSA) is 86.8 Å². The SMILES string of the molecule is CC(C)CN1C(=O)C(=O)N(CC(=O)Nc2cccc(F)c2)C1=O. The van der Waals surface area contributed by atoms with Gasteiger partial charge in [-0.2, -0.15) is 0 Å². The van der Waals surface area contributed by atoms with Crippen molar-refractivity contribution < 1.29 is 23.6 Å². The van der Waals surface area contributed by atoms with Crippen molar-refractivity contribution in [3.63, 3.8) is 0 Å². The molecule has 5 amide bonds. The van der Waals surface area contributed by atoms with E-state index >= 15 is 0 Å². The lowest BCUT2D eigenvalue weighted by atomic mass is 10.2. The summed E-state index contributed by atoms with van der Waals surface area (Å²) in [7, 11) is 0. The molecule has 1 aliphatic heterocycles. The van der Waals surface area contributed by atoms with Gasteiger partial charge in [0.15, 0.2) is 0 Å². The number of rotatable bonds is 5. The van der Waals surface area contributed by atoms with Gasteiger partial charge in [0.05, 0.1) is 0 Å². The first kappa shape index (κ1) is 16.6. The van der Waals surface area contributed by atoms with Crippen molar-refractivity contribution in [2.45, 2.75) is 13.8 Å². The maximum atomic E-state index is 13.0. The van der Waals surface area contributed by atoms with E-state index in [4.69, 9.17) is 0 Å². The number of hydrogen-bond acceptors (Lipinski definition) is 4. The summed E-state index contributed by atoms with van der Waals surface area (Å²) in [6.45, 7) is 3.09. The van der Waals surface area contributed by atoms with Crippen molar-refractivity contribution in [2.75, 3.05) is 18.4 Å². The summed E-state index contributed by atoms with van der Waals surface area (Å²) in [6, 6.07) is 4.37. The Bertz CT molecular complexity index is 674. The molecule has 1 heterocycles. The fourth-order valence-electron chi connectivity index (χ4n) is 2.13. The molecule has 0 unspecified atom stereocenters. The van der Waals surface area contributed by atoms with Crippen LogP contribution in [0.25, 0.3) is 0 Å². The second kappa shape index (κ2) is 6.55. The molecular formula is C15H16FN3O4. The molecule has 23 heavy (non-hydrogen) atoms. The Kier molecular flexibility index (Phi) is 4.73. The van der Waals surface area contributed by atoms with Crippen LogP contribution >= 0.6 is 0 Å². The van der Waals surface area contributed by atoms with Crippen molar-refractivity contribution in [1.29, 1.82) is 0 Å². The minimum absolute atomic E-state index is 0.00299. The maximum absolute atomic E-state index is 13.0. The second-order valence-electron chi connectivity index (χ2n) is 5.54. The van der Waals surface area contributed by atoms with Crippen molar-refractivity contribution in [3.05, 3.63) is 30.1 Å². The zero-order valence-electron chi connectivity index (χ0n) is 12.7. The first-order chi connectivity index (χ1) is 10.8. The molecule has 1 saturated heterocycles. The van der Waals surface area contributed by atoms with Crippen molar-refractivity contribution in [1.82, 2.24) is 9.80 Å². The molecule has 122 valence electrons. The van der Waals surface area contributed by atoms with E-state index in [-0.39, 0.29) is 18.2 Å². The van der Waals surface area contributed by atoms with E-state index in [1.54, 1.807) is 13.8 Å². The lowest BCUT2D eigenvalue weighted by Crippen LogP contribution is -2.39. The fourth-order valence-corrected chi connectivity index (χ4v) is 2.13. The summed E-state index contributed by atoms with van der Waals surface area (Å²) in [5.41, 5.74) is 0.194. The van der Waals surface area contributed by atoms with Gasteiger partial charge in [0.1, 0.15) is 12.4 Å². The summed E-state index contributed by atoms with van der Waals surface area (Å²) in [6.07, 6.45) is 0. The highest BCUT2D eigenvalue weighted by Crippen LogP contribution is 2.15. The standard InChI is InChI=1S/C15H16FN3O4/c1-9(2)7-18-13(21)14(22)19(15(18)23)8-12(20)17-11-5-3-4-10(16)6-11/h3-6,9H,7-8H2,1-2H3,(H,17,20). The number of nitrogens with one attached hydrogen (secondary N) is 1. The minimum atomic E-state index is -1.04. The monoisotopic (exact) mass is 321 g/mol. The van der Waals surface area contributed by atoms with Crippen LogP contribution in [0.4, 0.5) is 14.9 Å². The second-order valence-corrected chi connectivity index (χ2v) is 5.54. The smallest absolute Gasteiger partial charge is 0.324 e. The van der Waals surface area contributed by atoms with Crippen molar-refractivity contribution in [2.24, 2.45) is 5.92 Å². The fraction of sp³-hybridized carbons (Fsp3) is 0.333. The molecule has 0 atom stereocenters. The molecule has 7 nitrogen and oxygen atoms in total. The number of hydrogen-bond donors (Lipinski definition) is 1. The molecule has 8 heteroatoms. The van der Waals surface area contributed by atoms with Gasteiger partial charge in [0, 0.05) is 12.2 Å². The third-order valence-electron chi connectivity index (χ3n) is 3.09. The van der Waals surface area contributed by atoms with Gasteiger partial charge in [-0.25, -0.2) is 14.1 Å². The third-order valence-corrected chi connectivity index (χ3v) is 3.09. The van der Waals surface area contributed by atoms with E-state index in [1.165, 1.54) is 18.2 Å². The van der Waals surface area contributed by atoms with Crippen LogP contribution in [0.1, 0.15) is 13.8 Å². The molecule has 1 aliphatic rings. The maximum Gasteiger partial charge on any atom is 0.334 e. The van der Waals surface area contributed by atoms with E-state index in [2.05, 4.69) is 5.32 Å². The molecular weight excluding hydrogens is 305 g/mol. The van der Waals surface area contributed by atoms with Crippen LogP contribution < -0.4 is 5.32 Å². The summed E-state index contributed by atoms with van der Waals surface area (Å²) in [5.74, 6) is -3.21. The zero-order valence-corrected chi connectivity index (χ0v) is 12.7. The number of nitrogens with zero attached hydrogens (tertiary/aromatic N) is 2. The molecule has 0 bridgehead atoms. The van der Waals surface area contributed by atoms with Crippen molar-refractivity contribution in [3.8, 4) is 0 Å². The number of benzene rings is 1. The van der Waals surface area contributed by atoms with E-state index in [0.717, 1.165) is 11.0 Å². The molecule has 1 N–H and O–H groups in total. The molecule has 2 rings (SSSR count). The van der Waals surface area contributed by atoms with E-state index in [0.29, 0.717) is 4.90 Å². The molecule has 1 aromatic carbocycles. The largest absolute Gasteiger partial charge is 0.334 e. The molecule has 0 aromatic heterocycles. The van der Waals surface area contributed by atoms with Gasteiger partial charge in [0.25, 0.3) is 0 Å². The zero-order chi connectivity index (χ0) is 17.1. The molecule has 0 aliphatic carbocycles. The van der Waals surface area contributed by atoms with Crippen LogP contribution in [0.15, 0.2) is 24.3 Å². The predicted molar refractivity (Wildman–Crippen MR) is 78.7 cm³/mol. The minimum Gasteiger partial charge on any atom is -0.324 e. The van der Waals surface area contributed by atoms with Gasteiger partial charge < -0.3 is 5.32 Å². The normalized spacial score (nSPS) is 14.9. The van der Waals surface area contributed by atoms with Gasteiger partial charge in [-0.3, -0.25) is 19.3 Å². The van der Waals surface area contributed by atoms with Crippen LogP contribution in [0.3, 0.4) is 0 Å². The van der Waals surface area contributed by atoms with Crippen LogP contribution in [-0.4, -0.2) is 46.6 Å². The molecule has 1 aromatic rings. The highest BCUT2D eigenvalue weighted by Gasteiger charge is 2.45. The molecule has 1 fully saturated rings. The van der Waals surface area contributed by atoms with E-state index in [9.17, 15) is 23.6 Å². The summed E-state index contributed by atoms with van der Waals surface area (Å²) < 4.78 is 13.0. The van der Waals surface area contributed by atoms with Crippen molar-refractivity contribution >= 4 is 29.4 Å². The van der Waals surface area contributed by atoms with E-state index in [1.807, 2.05) is 0 Å². The van der Waals surface area contributed by atoms with Crippen LogP contribution in [-0.2, 0) is 14.4 Å². The Labute approximate surface area is 132 Å². The van der Waals surface area contributed by atoms with E-state index < -0.39 is 36.1 Å². The number of urea groups is 1. The number of carbonyl (C=O) groups excluding carboxylic acids is 4. The number of amides is 5. The van der Waals surface area contributed by atoms with Gasteiger partial charge in [0.2, 0.25) is 5.91 Å². The summed E-state index contributed by atoms with van der Waals surface area (Å²) in [5, 5.41) is 2.37. The third kappa shape index (κ3) is 3.71. The number of halogens is 1. The lowest BCUT2D eigenvalue weighted by molar-refractivity contribution is -0.143. The average molecular weight is 321 g/mol. The molecule has 0 radical (unpaired) electrons. The van der Waals surface area contributed by atoms with Crippen LogP contribution in [0.2, 0.25) is 0 Å². The number of imide groups is 2. The van der Waals surface area contributed by atoms with Crippen LogP contribution in [0, 0.1) is 11.7 Å². The Morgan fingerprint density at radius 1 is 1.17 bits per heavy atom. The highest BCUT2D eigenvalue weighted by molar-refractivity contribution is 6.45. The predicted octanol–water partition coefficient (Wildman–Crippen LogP) is 1.21. The Hall–Kier alpha value is -2.77.